The van der Waals surface area contributed by atoms with Crippen molar-refractivity contribution >= 4 is 23.2 Å². The molecule has 0 aliphatic heterocycles. The highest BCUT2D eigenvalue weighted by molar-refractivity contribution is 6.39. The van der Waals surface area contributed by atoms with Crippen LogP contribution in [0.5, 0.6) is 11.5 Å². The number of hydrogen-bond donors (Lipinski definition) is 3. The van der Waals surface area contributed by atoms with Gasteiger partial charge in [-0.05, 0) is 24.3 Å². The Morgan fingerprint density at radius 1 is 0.967 bits per heavy atom. The van der Waals surface area contributed by atoms with E-state index in [1.165, 1.54) is 14.2 Å². The number of carbonyl (C=O) groups is 2. The van der Waals surface area contributed by atoms with Crippen LogP contribution in [0.1, 0.15) is 11.6 Å². The summed E-state index contributed by atoms with van der Waals surface area (Å²) in [5.41, 5.74) is 2.63. The summed E-state index contributed by atoms with van der Waals surface area (Å²) in [7, 11) is 11.0. The number of methoxy groups -OCH3 is 2. The average Bonchev–Trinajstić information content (AvgIpc) is 2.73. The van der Waals surface area contributed by atoms with Crippen LogP contribution in [0.15, 0.2) is 42.5 Å². The van der Waals surface area contributed by atoms with Crippen molar-refractivity contribution in [3.8, 4) is 11.5 Å². The van der Waals surface area contributed by atoms with Crippen LogP contribution in [0.4, 0.5) is 11.4 Å². The number of ether oxygens (including phenoxy) is 2. The minimum atomic E-state index is -0.738. The lowest BCUT2D eigenvalue weighted by molar-refractivity contribution is -0.890. The number of benzene rings is 2. The lowest BCUT2D eigenvalue weighted by atomic mass is 10.1. The van der Waals surface area contributed by atoms with E-state index in [9.17, 15) is 9.59 Å². The maximum Gasteiger partial charge on any atom is 0.313 e. The summed E-state index contributed by atoms with van der Waals surface area (Å²) in [5, 5.41) is 5.31. The zero-order valence-electron chi connectivity index (χ0n) is 18.4. The largest absolute Gasteiger partial charge is 0.493 e. The highest BCUT2D eigenvalue weighted by atomic mass is 16.5. The molecule has 8 heteroatoms. The first-order valence-corrected chi connectivity index (χ1v) is 9.65. The van der Waals surface area contributed by atoms with Gasteiger partial charge in [0.05, 0.1) is 34.9 Å². The molecule has 0 aliphatic rings. The molecule has 2 rings (SSSR count). The van der Waals surface area contributed by atoms with Gasteiger partial charge in [-0.1, -0.05) is 12.1 Å². The van der Waals surface area contributed by atoms with Gasteiger partial charge in [-0.2, -0.15) is 0 Å². The molecule has 3 N–H and O–H groups in total. The van der Waals surface area contributed by atoms with Crippen LogP contribution in [0.3, 0.4) is 0 Å². The molecule has 2 amide bonds. The lowest BCUT2D eigenvalue weighted by Crippen LogP contribution is -3.07. The second-order valence-electron chi connectivity index (χ2n) is 7.35. The number of quaternary nitrogens is 1. The van der Waals surface area contributed by atoms with E-state index >= 15 is 0 Å². The Kier molecular flexibility index (Phi) is 8.06. The quantitative estimate of drug-likeness (QED) is 0.553. The molecule has 0 aliphatic carbocycles. The summed E-state index contributed by atoms with van der Waals surface area (Å²) >= 11 is 0. The van der Waals surface area contributed by atoms with Gasteiger partial charge in [-0.25, -0.2) is 0 Å². The molecule has 30 heavy (non-hydrogen) atoms. The Hall–Kier alpha value is -3.26. The van der Waals surface area contributed by atoms with Crippen molar-refractivity contribution < 1.29 is 24.0 Å². The van der Waals surface area contributed by atoms with Gasteiger partial charge in [0, 0.05) is 37.1 Å². The van der Waals surface area contributed by atoms with Gasteiger partial charge in [0.25, 0.3) is 0 Å². The molecule has 8 nitrogen and oxygen atoms in total. The molecular formula is C22H31N4O4+. The summed E-state index contributed by atoms with van der Waals surface area (Å²) < 4.78 is 10.4. The van der Waals surface area contributed by atoms with Crippen LogP contribution in [0, 0.1) is 0 Å². The molecule has 2 aromatic rings. The van der Waals surface area contributed by atoms with Crippen molar-refractivity contribution in [2.24, 2.45) is 0 Å². The molecule has 0 fully saturated rings. The molecule has 0 radical (unpaired) electrons. The SMILES string of the molecule is COc1ccc(NC(=O)C(=O)NC[C@@H](c2ccc(N(C)C)cc2)[NH+](C)C)cc1OC. The number of hydrogen-bond acceptors (Lipinski definition) is 5. The fraction of sp³-hybridized carbons (Fsp3) is 0.364. The van der Waals surface area contributed by atoms with Crippen molar-refractivity contribution in [3.05, 3.63) is 48.0 Å². The average molecular weight is 416 g/mol. The molecule has 0 saturated heterocycles. The summed E-state index contributed by atoms with van der Waals surface area (Å²) in [4.78, 5) is 27.8. The lowest BCUT2D eigenvalue weighted by Gasteiger charge is -2.23. The Labute approximate surface area is 177 Å². The second-order valence-corrected chi connectivity index (χ2v) is 7.35. The van der Waals surface area contributed by atoms with Gasteiger partial charge in [0.15, 0.2) is 11.5 Å². The Morgan fingerprint density at radius 3 is 2.13 bits per heavy atom. The fourth-order valence-corrected chi connectivity index (χ4v) is 3.04. The predicted octanol–water partition coefficient (Wildman–Crippen LogP) is 0.710. The first-order chi connectivity index (χ1) is 14.3. The van der Waals surface area contributed by atoms with E-state index in [2.05, 4.69) is 10.6 Å². The monoisotopic (exact) mass is 415 g/mol. The number of anilines is 2. The van der Waals surface area contributed by atoms with Crippen LogP contribution in [0.25, 0.3) is 0 Å². The van der Waals surface area contributed by atoms with Gasteiger partial charge in [-0.15, -0.1) is 0 Å². The molecule has 0 saturated carbocycles. The third kappa shape index (κ3) is 5.87. The number of likely N-dealkylation sites (N-methyl/N-ethyl adjacent to an activating group) is 1. The summed E-state index contributed by atoms with van der Waals surface area (Å²) in [6.45, 7) is 0.335. The molecule has 0 unspecified atom stereocenters. The molecule has 1 atom stereocenters. The van der Waals surface area contributed by atoms with E-state index in [4.69, 9.17) is 9.47 Å². The minimum Gasteiger partial charge on any atom is -0.493 e. The first-order valence-electron chi connectivity index (χ1n) is 9.65. The summed E-state index contributed by atoms with van der Waals surface area (Å²) in [5.74, 6) is -0.427. The molecule has 0 aromatic heterocycles. The zero-order valence-corrected chi connectivity index (χ0v) is 18.4. The maximum absolute atomic E-state index is 12.3. The Bertz CT molecular complexity index is 866. The normalized spacial score (nSPS) is 11.6. The molecule has 162 valence electrons. The van der Waals surface area contributed by atoms with Crippen molar-refractivity contribution in [2.45, 2.75) is 6.04 Å². The fourth-order valence-electron chi connectivity index (χ4n) is 3.04. The highest BCUT2D eigenvalue weighted by Crippen LogP contribution is 2.29. The van der Waals surface area contributed by atoms with Gasteiger partial charge < -0.3 is 29.9 Å². The number of nitrogens with one attached hydrogen (secondary N) is 3. The van der Waals surface area contributed by atoms with E-state index in [0.29, 0.717) is 23.7 Å². The van der Waals surface area contributed by atoms with Gasteiger partial charge in [-0.3, -0.25) is 9.59 Å². The van der Waals surface area contributed by atoms with Gasteiger partial charge >= 0.3 is 11.8 Å². The molecule has 0 bridgehead atoms. The third-order valence-corrected chi connectivity index (χ3v) is 4.82. The van der Waals surface area contributed by atoms with Crippen LogP contribution in [-0.2, 0) is 9.59 Å². The number of amides is 2. The maximum atomic E-state index is 12.3. The minimum absolute atomic E-state index is 0.0130. The molecule has 2 aromatic carbocycles. The number of rotatable bonds is 8. The van der Waals surface area contributed by atoms with Crippen molar-refractivity contribution in [3.63, 3.8) is 0 Å². The molecule has 0 heterocycles. The summed E-state index contributed by atoms with van der Waals surface area (Å²) in [6.07, 6.45) is 0. The van der Waals surface area contributed by atoms with Crippen LogP contribution in [0.2, 0.25) is 0 Å². The second kappa shape index (κ2) is 10.5. The smallest absolute Gasteiger partial charge is 0.313 e. The van der Waals surface area contributed by atoms with E-state index < -0.39 is 11.8 Å². The Morgan fingerprint density at radius 2 is 1.60 bits per heavy atom. The van der Waals surface area contributed by atoms with E-state index in [1.54, 1.807) is 18.2 Å². The van der Waals surface area contributed by atoms with Crippen molar-refractivity contribution in [1.29, 1.82) is 0 Å². The third-order valence-electron chi connectivity index (χ3n) is 4.82. The predicted molar refractivity (Wildman–Crippen MR) is 118 cm³/mol. The topological polar surface area (TPSA) is 84.3 Å². The van der Waals surface area contributed by atoms with Crippen LogP contribution < -0.4 is 29.9 Å². The Balaban J connectivity index is 2.00. The molecule has 0 spiro atoms. The van der Waals surface area contributed by atoms with E-state index in [0.717, 1.165) is 16.2 Å². The van der Waals surface area contributed by atoms with Crippen molar-refractivity contribution in [1.82, 2.24) is 5.32 Å². The number of carbonyl (C=O) groups excluding carboxylic acids is 2. The standard InChI is InChI=1S/C22H30N4O4/c1-25(2)17-10-7-15(8-11-17)18(26(3)4)14-23-21(27)22(28)24-16-9-12-19(29-5)20(13-16)30-6/h7-13,18H,14H2,1-6H3,(H,23,27)(H,24,28)/p+1/t18-/m0/s1. The van der Waals surface area contributed by atoms with Gasteiger partial charge in [0.2, 0.25) is 0 Å². The van der Waals surface area contributed by atoms with E-state index in [-0.39, 0.29) is 6.04 Å². The van der Waals surface area contributed by atoms with Crippen LogP contribution in [-0.4, -0.2) is 60.8 Å². The number of nitrogens with zero attached hydrogens (tertiary/aromatic N) is 1. The van der Waals surface area contributed by atoms with Crippen LogP contribution >= 0.6 is 0 Å². The van der Waals surface area contributed by atoms with Gasteiger partial charge in [0.1, 0.15) is 6.04 Å². The van der Waals surface area contributed by atoms with Crippen molar-refractivity contribution in [2.75, 3.05) is 59.2 Å². The first kappa shape index (κ1) is 23.0. The van der Waals surface area contributed by atoms with E-state index in [1.807, 2.05) is 57.4 Å². The zero-order chi connectivity index (χ0) is 22.3. The molecular weight excluding hydrogens is 384 g/mol. The highest BCUT2D eigenvalue weighted by Gasteiger charge is 2.22. The summed E-state index contributed by atoms with van der Waals surface area (Å²) in [6, 6.07) is 13.1.